The van der Waals surface area contributed by atoms with Gasteiger partial charge in [-0.05, 0) is 0 Å². The fraction of sp³-hybridized carbons (Fsp3) is 0.167. The molecule has 3 aromatic carbocycles. The zero-order chi connectivity index (χ0) is 16.8. The number of rotatable bonds is 0. The van der Waals surface area contributed by atoms with Crippen molar-refractivity contribution in [2.75, 3.05) is 0 Å². The van der Waals surface area contributed by atoms with Gasteiger partial charge in [-0.3, -0.25) is 11.8 Å². The molecule has 1 aliphatic rings. The van der Waals surface area contributed by atoms with Crippen LogP contribution in [0.2, 0.25) is 0 Å². The van der Waals surface area contributed by atoms with Gasteiger partial charge in [0, 0.05) is 0 Å². The first-order chi connectivity index (χ1) is 11.8. The first-order valence-electron chi connectivity index (χ1n) is 8.46. The third-order valence-electron chi connectivity index (χ3n) is 4.33. The van der Waals surface area contributed by atoms with Crippen LogP contribution in [0.15, 0.2) is 72.8 Å². The van der Waals surface area contributed by atoms with E-state index in [-0.39, 0.29) is 21.1 Å². The van der Waals surface area contributed by atoms with Crippen LogP contribution in [-0.4, -0.2) is 0 Å². The Labute approximate surface area is 165 Å². The monoisotopic (exact) mass is 505 g/mol. The molecule has 3 aromatic rings. The van der Waals surface area contributed by atoms with E-state index in [1.807, 2.05) is 24.3 Å². The van der Waals surface area contributed by atoms with E-state index < -0.39 is 0 Å². The van der Waals surface area contributed by atoms with Gasteiger partial charge in [0.05, 0.1) is 0 Å². The van der Waals surface area contributed by atoms with Crippen LogP contribution >= 0.6 is 0 Å². The van der Waals surface area contributed by atoms with Gasteiger partial charge in [0.15, 0.2) is 0 Å². The van der Waals surface area contributed by atoms with E-state index in [9.17, 15) is 0 Å². The summed E-state index contributed by atoms with van der Waals surface area (Å²) in [6, 6.07) is 22.9. The summed E-state index contributed by atoms with van der Waals surface area (Å²) in [6.45, 7) is 4.31. The van der Waals surface area contributed by atoms with Gasteiger partial charge in [0.25, 0.3) is 0 Å². The van der Waals surface area contributed by atoms with Crippen LogP contribution in [0, 0.1) is 24.0 Å². The molecule has 0 amide bonds. The average Bonchev–Trinajstić information content (AvgIpc) is 2.63. The maximum absolute atomic E-state index is 3.26. The molecule has 0 heterocycles. The van der Waals surface area contributed by atoms with E-state index in [0.717, 1.165) is 10.8 Å². The maximum Gasteiger partial charge on any atom is 4.00 e. The largest absolute Gasteiger partial charge is 4.00 e. The molecule has 0 saturated heterocycles. The quantitative estimate of drug-likeness (QED) is 0.236. The van der Waals surface area contributed by atoms with Crippen LogP contribution in [0.25, 0.3) is 21.5 Å². The Bertz CT molecular complexity index is 787. The van der Waals surface area contributed by atoms with Gasteiger partial charge in [-0.1, -0.05) is 0 Å². The predicted molar refractivity (Wildman–Crippen MR) is 104 cm³/mol. The molecule has 1 heteroatoms. The fourth-order valence-electron chi connectivity index (χ4n) is 2.77. The number of allylic oxidation sites excluding steroid dienone is 4. The SMILES string of the molecule is C[C-]1/C=C\CC/C=C\[C-]1C.[Pt+4].[c-]1cccc2ccc3ccc[c-]c3c12. The van der Waals surface area contributed by atoms with Crippen LogP contribution in [0.3, 0.4) is 0 Å². The number of hydrogen-bond acceptors (Lipinski definition) is 0. The molecule has 0 spiro atoms. The summed E-state index contributed by atoms with van der Waals surface area (Å²) in [5.74, 6) is 2.77. The molecular weight excluding hydrogens is 483 g/mol. The van der Waals surface area contributed by atoms with Crippen LogP contribution in [0.5, 0.6) is 0 Å². The molecule has 128 valence electrons. The summed E-state index contributed by atoms with van der Waals surface area (Å²) >= 11 is 0. The second kappa shape index (κ2) is 9.54. The van der Waals surface area contributed by atoms with Gasteiger partial charge in [-0.25, -0.2) is 35.1 Å². The molecule has 4 rings (SSSR count). The number of benzene rings is 3. The molecule has 0 N–H and O–H groups in total. The minimum absolute atomic E-state index is 0. The van der Waals surface area contributed by atoms with Gasteiger partial charge < -0.3 is 0 Å². The van der Waals surface area contributed by atoms with E-state index in [1.165, 1.54) is 35.4 Å². The van der Waals surface area contributed by atoms with Crippen LogP contribution in [0.4, 0.5) is 0 Å². The Balaban J connectivity index is 0.000000184. The van der Waals surface area contributed by atoms with E-state index in [4.69, 9.17) is 0 Å². The standard InChI is InChI=1S/C14H8.C10H14.Pt/c1-3-7-13-11(5-1)9-10-12-6-2-4-8-14(12)13;1-9-7-5-3-4-6-8-10(9)2;/h1-6,9-10H;5-8H,3-4H2,1-2H3;/q2*-2;+4/b;7-5-,8-6-;. The van der Waals surface area contributed by atoms with Gasteiger partial charge in [-0.15, -0.1) is 63.1 Å². The summed E-state index contributed by atoms with van der Waals surface area (Å²) in [7, 11) is 0. The van der Waals surface area contributed by atoms with E-state index in [0.29, 0.717) is 0 Å². The first-order valence-corrected chi connectivity index (χ1v) is 8.46. The molecule has 0 saturated carbocycles. The summed E-state index contributed by atoms with van der Waals surface area (Å²) < 4.78 is 0. The van der Waals surface area contributed by atoms with Crippen LogP contribution < -0.4 is 0 Å². The Hall–Kier alpha value is -1.91. The van der Waals surface area contributed by atoms with Crippen LogP contribution in [0.1, 0.15) is 26.7 Å². The molecular formula is C24H22Pt. The average molecular weight is 506 g/mol. The Morgan fingerprint density at radius 3 is 1.60 bits per heavy atom. The fourth-order valence-corrected chi connectivity index (χ4v) is 2.77. The van der Waals surface area contributed by atoms with Crippen molar-refractivity contribution in [3.8, 4) is 0 Å². The minimum Gasteiger partial charge on any atom is -0.279 e. The van der Waals surface area contributed by atoms with Crippen molar-refractivity contribution in [3.63, 3.8) is 0 Å². The molecule has 0 aliphatic heterocycles. The van der Waals surface area contributed by atoms with E-state index in [1.54, 1.807) is 0 Å². The maximum atomic E-state index is 3.26. The molecule has 0 radical (unpaired) electrons. The molecule has 0 atom stereocenters. The minimum atomic E-state index is 0. The molecule has 0 bridgehead atoms. The van der Waals surface area contributed by atoms with Crippen molar-refractivity contribution < 1.29 is 21.1 Å². The molecule has 25 heavy (non-hydrogen) atoms. The smallest absolute Gasteiger partial charge is 0.279 e. The molecule has 0 unspecified atom stereocenters. The van der Waals surface area contributed by atoms with Crippen molar-refractivity contribution in [2.24, 2.45) is 0 Å². The summed E-state index contributed by atoms with van der Waals surface area (Å²) in [6.07, 6.45) is 11.3. The predicted octanol–water partition coefficient (Wildman–Crippen LogP) is 6.67. The third-order valence-corrected chi connectivity index (χ3v) is 4.33. The van der Waals surface area contributed by atoms with Crippen LogP contribution in [-0.2, 0) is 21.1 Å². The van der Waals surface area contributed by atoms with Gasteiger partial charge in [0.1, 0.15) is 0 Å². The second-order valence-electron chi connectivity index (χ2n) is 6.08. The molecule has 0 aromatic heterocycles. The van der Waals surface area contributed by atoms with Gasteiger partial charge >= 0.3 is 21.1 Å². The molecule has 1 aliphatic carbocycles. The molecule has 0 nitrogen and oxygen atoms in total. The Morgan fingerprint density at radius 2 is 1.16 bits per heavy atom. The van der Waals surface area contributed by atoms with Crippen molar-refractivity contribution in [3.05, 3.63) is 96.8 Å². The second-order valence-corrected chi connectivity index (χ2v) is 6.08. The topological polar surface area (TPSA) is 0 Å². The van der Waals surface area contributed by atoms with Gasteiger partial charge in [-0.2, -0.15) is 35.0 Å². The normalized spacial score (nSPS) is 16.2. The summed E-state index contributed by atoms with van der Waals surface area (Å²) in [5, 5.41) is 4.76. The summed E-state index contributed by atoms with van der Waals surface area (Å²) in [5.41, 5.74) is 0. The zero-order valence-electron chi connectivity index (χ0n) is 14.7. The van der Waals surface area contributed by atoms with Crippen molar-refractivity contribution in [1.82, 2.24) is 0 Å². The first kappa shape index (κ1) is 19.4. The van der Waals surface area contributed by atoms with Crippen molar-refractivity contribution >= 4 is 21.5 Å². The van der Waals surface area contributed by atoms with E-state index >= 15 is 0 Å². The third kappa shape index (κ3) is 5.03. The zero-order valence-corrected chi connectivity index (χ0v) is 16.9. The summed E-state index contributed by atoms with van der Waals surface area (Å²) in [4.78, 5) is 0. The Kier molecular flexibility index (Phi) is 7.41. The van der Waals surface area contributed by atoms with E-state index in [2.05, 4.69) is 74.5 Å². The van der Waals surface area contributed by atoms with Gasteiger partial charge in [0.2, 0.25) is 0 Å². The molecule has 0 fully saturated rings. The van der Waals surface area contributed by atoms with Crippen molar-refractivity contribution in [2.45, 2.75) is 26.7 Å². The Morgan fingerprint density at radius 1 is 0.720 bits per heavy atom. The van der Waals surface area contributed by atoms with Crippen molar-refractivity contribution in [1.29, 1.82) is 0 Å². The number of hydrogen-bond donors (Lipinski definition) is 0. The number of fused-ring (bicyclic) bond motifs is 3.